The fourth-order valence-electron chi connectivity index (χ4n) is 1.56. The fraction of sp³-hybridized carbons (Fsp3) is 0.500. The van der Waals surface area contributed by atoms with E-state index in [0.717, 1.165) is 0 Å². The molecule has 22 heavy (non-hydrogen) atoms. The summed E-state index contributed by atoms with van der Waals surface area (Å²) in [6.45, 7) is 5.12. The lowest BCUT2D eigenvalue weighted by Crippen LogP contribution is -2.33. The Labute approximate surface area is 125 Å². The Morgan fingerprint density at radius 2 is 1.95 bits per heavy atom. The molecule has 0 fully saturated rings. The summed E-state index contributed by atoms with van der Waals surface area (Å²) in [5.74, 6) is 0. The molecule has 0 aliphatic heterocycles. The molecular formula is C14H17F3N2O3. The van der Waals surface area contributed by atoms with Crippen LogP contribution in [0, 0.1) is 0 Å². The maximum absolute atomic E-state index is 12.7. The van der Waals surface area contributed by atoms with Crippen LogP contribution in [0.2, 0.25) is 0 Å². The Morgan fingerprint density at radius 1 is 1.32 bits per heavy atom. The molecule has 5 nitrogen and oxygen atoms in total. The van der Waals surface area contributed by atoms with Crippen molar-refractivity contribution in [1.29, 1.82) is 0 Å². The minimum absolute atomic E-state index is 0.0432. The number of aldehydes is 1. The van der Waals surface area contributed by atoms with Crippen molar-refractivity contribution >= 4 is 12.4 Å². The zero-order chi connectivity index (χ0) is 17.0. The van der Waals surface area contributed by atoms with Gasteiger partial charge in [-0.05, 0) is 32.9 Å². The van der Waals surface area contributed by atoms with Gasteiger partial charge in [0.15, 0.2) is 0 Å². The first-order valence-electron chi connectivity index (χ1n) is 6.51. The molecule has 0 bridgehead atoms. The summed E-state index contributed by atoms with van der Waals surface area (Å²) in [7, 11) is 0. The van der Waals surface area contributed by atoms with Crippen LogP contribution in [-0.2, 0) is 17.3 Å². The van der Waals surface area contributed by atoms with E-state index in [2.05, 4.69) is 10.3 Å². The largest absolute Gasteiger partial charge is 0.444 e. The van der Waals surface area contributed by atoms with Gasteiger partial charge in [-0.25, -0.2) is 9.78 Å². The molecule has 1 heterocycles. The van der Waals surface area contributed by atoms with E-state index in [9.17, 15) is 22.8 Å². The SMILES string of the molecule is CC(C)(C)OC(=O)NCCc1cc(C=O)cc(C(F)(F)F)n1. The summed E-state index contributed by atoms with van der Waals surface area (Å²) in [4.78, 5) is 25.5. The molecule has 1 N–H and O–H groups in total. The van der Waals surface area contributed by atoms with Crippen LogP contribution in [0.5, 0.6) is 0 Å². The molecule has 0 saturated carbocycles. The number of ether oxygens (including phenoxy) is 1. The molecule has 0 aromatic carbocycles. The monoisotopic (exact) mass is 318 g/mol. The molecule has 1 aromatic rings. The molecule has 0 atom stereocenters. The standard InChI is InChI=1S/C14H17F3N2O3/c1-13(2,3)22-12(21)18-5-4-10-6-9(8-20)7-11(19-10)14(15,16)17/h6-8H,4-5H2,1-3H3,(H,18,21). The van der Waals surface area contributed by atoms with Crippen LogP contribution in [-0.4, -0.2) is 29.5 Å². The van der Waals surface area contributed by atoms with Gasteiger partial charge in [0.1, 0.15) is 17.6 Å². The molecule has 0 unspecified atom stereocenters. The topological polar surface area (TPSA) is 68.3 Å². The average Bonchev–Trinajstić information content (AvgIpc) is 2.35. The first kappa shape index (κ1) is 17.9. The molecule has 0 aliphatic rings. The van der Waals surface area contributed by atoms with Crippen LogP contribution in [0.3, 0.4) is 0 Å². The Bertz CT molecular complexity index is 551. The van der Waals surface area contributed by atoms with Gasteiger partial charge in [-0.2, -0.15) is 13.2 Å². The van der Waals surface area contributed by atoms with Crippen LogP contribution in [0.1, 0.15) is 42.5 Å². The maximum atomic E-state index is 12.7. The highest BCUT2D eigenvalue weighted by Crippen LogP contribution is 2.28. The van der Waals surface area contributed by atoms with Crippen molar-refractivity contribution in [3.8, 4) is 0 Å². The average molecular weight is 318 g/mol. The predicted octanol–water partition coefficient (Wildman–Crippen LogP) is 2.98. The summed E-state index contributed by atoms with van der Waals surface area (Å²) in [6.07, 6.45) is -4.94. The number of rotatable bonds is 4. The van der Waals surface area contributed by atoms with Crippen LogP contribution in [0.25, 0.3) is 0 Å². The number of carbonyl (C=O) groups is 2. The van der Waals surface area contributed by atoms with E-state index in [0.29, 0.717) is 12.4 Å². The summed E-state index contributed by atoms with van der Waals surface area (Å²) < 4.78 is 42.9. The van der Waals surface area contributed by atoms with Crippen molar-refractivity contribution in [2.45, 2.75) is 39.0 Å². The second kappa shape index (κ2) is 6.76. The molecular weight excluding hydrogens is 301 g/mol. The summed E-state index contributed by atoms with van der Waals surface area (Å²) in [5.41, 5.74) is -1.85. The number of aromatic nitrogens is 1. The van der Waals surface area contributed by atoms with Gasteiger partial charge in [0, 0.05) is 24.2 Å². The van der Waals surface area contributed by atoms with Gasteiger partial charge < -0.3 is 10.1 Å². The van der Waals surface area contributed by atoms with Crippen molar-refractivity contribution in [2.75, 3.05) is 6.54 Å². The Balaban J connectivity index is 2.70. The number of halogens is 3. The molecule has 0 saturated heterocycles. The number of alkyl carbamates (subject to hydrolysis) is 1. The number of alkyl halides is 3. The van der Waals surface area contributed by atoms with E-state index < -0.39 is 23.6 Å². The van der Waals surface area contributed by atoms with Gasteiger partial charge in [0.2, 0.25) is 0 Å². The quantitative estimate of drug-likeness (QED) is 0.867. The van der Waals surface area contributed by atoms with Gasteiger partial charge in [-0.3, -0.25) is 4.79 Å². The highest BCUT2D eigenvalue weighted by molar-refractivity contribution is 5.75. The maximum Gasteiger partial charge on any atom is 0.433 e. The normalized spacial score (nSPS) is 11.9. The van der Waals surface area contributed by atoms with Crippen molar-refractivity contribution < 1.29 is 27.5 Å². The van der Waals surface area contributed by atoms with Crippen LogP contribution < -0.4 is 5.32 Å². The second-order valence-corrected chi connectivity index (χ2v) is 5.57. The minimum atomic E-state index is -4.63. The summed E-state index contributed by atoms with van der Waals surface area (Å²) >= 11 is 0. The van der Waals surface area contributed by atoms with E-state index in [1.165, 1.54) is 6.07 Å². The Kier molecular flexibility index (Phi) is 5.51. The number of amides is 1. The van der Waals surface area contributed by atoms with Gasteiger partial charge in [0.25, 0.3) is 0 Å². The first-order valence-corrected chi connectivity index (χ1v) is 6.51. The molecule has 122 valence electrons. The van der Waals surface area contributed by atoms with E-state index in [4.69, 9.17) is 4.74 Å². The minimum Gasteiger partial charge on any atom is -0.444 e. The van der Waals surface area contributed by atoms with Gasteiger partial charge in [-0.1, -0.05) is 0 Å². The predicted molar refractivity (Wildman–Crippen MR) is 72.6 cm³/mol. The first-order chi connectivity index (χ1) is 10.0. The molecule has 8 heteroatoms. The van der Waals surface area contributed by atoms with Crippen molar-refractivity contribution in [3.05, 3.63) is 29.1 Å². The molecule has 0 radical (unpaired) electrons. The van der Waals surface area contributed by atoms with E-state index in [-0.39, 0.29) is 24.2 Å². The zero-order valence-electron chi connectivity index (χ0n) is 12.5. The lowest BCUT2D eigenvalue weighted by Gasteiger charge is -2.19. The highest BCUT2D eigenvalue weighted by atomic mass is 19.4. The zero-order valence-corrected chi connectivity index (χ0v) is 12.5. The lowest BCUT2D eigenvalue weighted by molar-refractivity contribution is -0.141. The lowest BCUT2D eigenvalue weighted by atomic mass is 10.1. The van der Waals surface area contributed by atoms with E-state index in [1.54, 1.807) is 20.8 Å². The van der Waals surface area contributed by atoms with E-state index >= 15 is 0 Å². The molecule has 1 rings (SSSR count). The smallest absolute Gasteiger partial charge is 0.433 e. The number of hydrogen-bond donors (Lipinski definition) is 1. The third-order valence-corrected chi connectivity index (χ3v) is 2.38. The highest BCUT2D eigenvalue weighted by Gasteiger charge is 2.33. The van der Waals surface area contributed by atoms with Crippen LogP contribution in [0.4, 0.5) is 18.0 Å². The third-order valence-electron chi connectivity index (χ3n) is 2.38. The van der Waals surface area contributed by atoms with E-state index in [1.807, 2.05) is 0 Å². The number of nitrogens with zero attached hydrogens (tertiary/aromatic N) is 1. The molecule has 0 spiro atoms. The number of nitrogens with one attached hydrogen (secondary N) is 1. The Hall–Kier alpha value is -2.12. The number of hydrogen-bond acceptors (Lipinski definition) is 4. The van der Waals surface area contributed by atoms with Crippen molar-refractivity contribution in [1.82, 2.24) is 10.3 Å². The van der Waals surface area contributed by atoms with Crippen LogP contribution in [0.15, 0.2) is 12.1 Å². The van der Waals surface area contributed by atoms with Gasteiger partial charge in [-0.15, -0.1) is 0 Å². The molecule has 1 aromatic heterocycles. The van der Waals surface area contributed by atoms with Crippen LogP contribution >= 0.6 is 0 Å². The fourth-order valence-corrected chi connectivity index (χ4v) is 1.56. The van der Waals surface area contributed by atoms with Gasteiger partial charge >= 0.3 is 12.3 Å². The summed E-state index contributed by atoms with van der Waals surface area (Å²) in [6, 6.07) is 1.93. The van der Waals surface area contributed by atoms with Crippen molar-refractivity contribution in [3.63, 3.8) is 0 Å². The number of carbonyl (C=O) groups excluding carboxylic acids is 2. The molecule has 1 amide bonds. The van der Waals surface area contributed by atoms with Gasteiger partial charge in [0.05, 0.1) is 0 Å². The Morgan fingerprint density at radius 3 is 2.45 bits per heavy atom. The van der Waals surface area contributed by atoms with Crippen molar-refractivity contribution in [2.24, 2.45) is 0 Å². The third kappa shape index (κ3) is 6.11. The molecule has 0 aliphatic carbocycles. The number of pyridine rings is 1. The second-order valence-electron chi connectivity index (χ2n) is 5.57. The summed E-state index contributed by atoms with van der Waals surface area (Å²) in [5, 5.41) is 2.41.